The summed E-state index contributed by atoms with van der Waals surface area (Å²) in [5, 5.41) is 23.8. The summed E-state index contributed by atoms with van der Waals surface area (Å²) in [4.78, 5) is 10.4. The molecule has 0 saturated heterocycles. The Morgan fingerprint density at radius 3 is 2.95 bits per heavy atom. The summed E-state index contributed by atoms with van der Waals surface area (Å²) < 4.78 is 5.06. The molecular formula is C14H20N2O4. The maximum absolute atomic E-state index is 10.9. The number of nitro benzene ring substituents is 1. The first kappa shape index (κ1) is 14.6. The summed E-state index contributed by atoms with van der Waals surface area (Å²) in [5.74, 6) is 0.240. The molecule has 2 atom stereocenters. The minimum Gasteiger partial charge on any atom is -0.490 e. The topological polar surface area (TPSA) is 84.6 Å². The Morgan fingerprint density at radius 2 is 2.35 bits per heavy atom. The Bertz CT molecular complexity index is 506. The first-order chi connectivity index (χ1) is 9.50. The zero-order valence-electron chi connectivity index (χ0n) is 11.8. The lowest BCUT2D eigenvalue weighted by atomic mass is 9.85. The molecule has 20 heavy (non-hydrogen) atoms. The predicted molar refractivity (Wildman–Crippen MR) is 76.1 cm³/mol. The Balaban J connectivity index is 2.20. The van der Waals surface area contributed by atoms with Crippen LogP contribution in [0.15, 0.2) is 18.2 Å². The smallest absolute Gasteiger partial charge is 0.311 e. The van der Waals surface area contributed by atoms with Crippen molar-refractivity contribution in [1.82, 2.24) is 0 Å². The third kappa shape index (κ3) is 2.70. The van der Waals surface area contributed by atoms with Gasteiger partial charge >= 0.3 is 5.69 Å². The third-order valence-corrected chi connectivity index (χ3v) is 4.16. The molecule has 6 heteroatoms. The number of aliphatic hydroxyl groups excluding tert-OH is 1. The van der Waals surface area contributed by atoms with Crippen LogP contribution >= 0.6 is 0 Å². The van der Waals surface area contributed by atoms with Crippen molar-refractivity contribution >= 4 is 11.4 Å². The lowest BCUT2D eigenvalue weighted by molar-refractivity contribution is -0.385. The molecule has 2 N–H and O–H groups in total. The maximum atomic E-state index is 10.9. The number of nitrogens with one attached hydrogen (secondary N) is 1. The number of nitrogens with zero attached hydrogens (tertiary/aromatic N) is 1. The second-order valence-corrected chi connectivity index (χ2v) is 5.55. The quantitative estimate of drug-likeness (QED) is 0.639. The van der Waals surface area contributed by atoms with E-state index in [1.165, 1.54) is 13.2 Å². The van der Waals surface area contributed by atoms with Crippen molar-refractivity contribution in [2.75, 3.05) is 19.0 Å². The molecule has 2 rings (SSSR count). The largest absolute Gasteiger partial charge is 0.490 e. The zero-order chi connectivity index (χ0) is 14.8. The number of aliphatic hydroxyl groups is 1. The molecule has 1 aliphatic carbocycles. The second-order valence-electron chi connectivity index (χ2n) is 5.55. The number of ether oxygens (including phenoxy) is 1. The monoisotopic (exact) mass is 280 g/mol. The Labute approximate surface area is 117 Å². The van der Waals surface area contributed by atoms with Gasteiger partial charge in [-0.05, 0) is 18.9 Å². The number of hydrogen-bond acceptors (Lipinski definition) is 5. The molecule has 0 spiro atoms. The highest BCUT2D eigenvalue weighted by molar-refractivity contribution is 5.58. The fourth-order valence-corrected chi connectivity index (χ4v) is 2.79. The average molecular weight is 280 g/mol. The summed E-state index contributed by atoms with van der Waals surface area (Å²) >= 11 is 0. The number of anilines is 1. The van der Waals surface area contributed by atoms with Gasteiger partial charge in [-0.3, -0.25) is 10.1 Å². The van der Waals surface area contributed by atoms with Gasteiger partial charge in [-0.2, -0.15) is 0 Å². The van der Waals surface area contributed by atoms with Gasteiger partial charge in [0.15, 0.2) is 5.75 Å². The molecular weight excluding hydrogens is 260 g/mol. The van der Waals surface area contributed by atoms with Crippen LogP contribution in [0.2, 0.25) is 0 Å². The van der Waals surface area contributed by atoms with Crippen molar-refractivity contribution in [3.63, 3.8) is 0 Å². The second kappa shape index (κ2) is 5.66. The van der Waals surface area contributed by atoms with Gasteiger partial charge in [-0.25, -0.2) is 0 Å². The number of rotatable bonds is 5. The van der Waals surface area contributed by atoms with Crippen LogP contribution in [0.25, 0.3) is 0 Å². The fourth-order valence-electron chi connectivity index (χ4n) is 2.79. The van der Waals surface area contributed by atoms with Gasteiger partial charge in [0.25, 0.3) is 0 Å². The van der Waals surface area contributed by atoms with Gasteiger partial charge in [0.2, 0.25) is 0 Å². The lowest BCUT2D eigenvalue weighted by Gasteiger charge is -2.31. The minimum atomic E-state index is -0.462. The van der Waals surface area contributed by atoms with E-state index in [4.69, 9.17) is 4.74 Å². The van der Waals surface area contributed by atoms with E-state index in [1.54, 1.807) is 12.1 Å². The van der Waals surface area contributed by atoms with E-state index in [0.29, 0.717) is 0 Å². The number of nitro groups is 1. The molecule has 1 aromatic carbocycles. The van der Waals surface area contributed by atoms with E-state index in [2.05, 4.69) is 12.2 Å². The van der Waals surface area contributed by atoms with Crippen LogP contribution in [0.1, 0.15) is 26.2 Å². The van der Waals surface area contributed by atoms with Crippen molar-refractivity contribution in [2.45, 2.75) is 32.2 Å². The number of methoxy groups -OCH3 is 1. The Hall–Kier alpha value is -1.82. The highest BCUT2D eigenvalue weighted by Gasteiger charge is 2.38. The van der Waals surface area contributed by atoms with Crippen LogP contribution in [0.3, 0.4) is 0 Å². The van der Waals surface area contributed by atoms with Crippen LogP contribution in [0.5, 0.6) is 5.75 Å². The van der Waals surface area contributed by atoms with Crippen LogP contribution in [0, 0.1) is 15.5 Å². The summed E-state index contributed by atoms with van der Waals surface area (Å²) in [6.45, 7) is 2.19. The summed E-state index contributed by atoms with van der Waals surface area (Å²) in [6.07, 6.45) is 3.03. The molecule has 1 aliphatic rings. The van der Waals surface area contributed by atoms with Crippen LogP contribution in [-0.2, 0) is 0 Å². The predicted octanol–water partition coefficient (Wildman–Crippen LogP) is 2.57. The molecule has 0 aromatic heterocycles. The average Bonchev–Trinajstić information content (AvgIpc) is 2.80. The molecule has 1 saturated carbocycles. The minimum absolute atomic E-state index is 0.0469. The molecule has 1 aromatic rings. The van der Waals surface area contributed by atoms with E-state index >= 15 is 0 Å². The molecule has 1 fully saturated rings. The van der Waals surface area contributed by atoms with Crippen molar-refractivity contribution in [3.05, 3.63) is 28.3 Å². The van der Waals surface area contributed by atoms with Gasteiger partial charge in [0.1, 0.15) is 0 Å². The standard InChI is InChI=1S/C14H20N2O4/c1-14(9-17)7-3-4-13(14)15-10-5-6-11(16(18)19)12(8-10)20-2/h5-6,8,13,15,17H,3-4,7,9H2,1-2H3/t13-,14-/m1/s1. The van der Waals surface area contributed by atoms with Crippen LogP contribution in [0.4, 0.5) is 11.4 Å². The molecule has 0 radical (unpaired) electrons. The SMILES string of the molecule is COc1cc(N[C@@H]2CCC[C@]2(C)CO)ccc1[N+](=O)[O-]. The molecule has 6 nitrogen and oxygen atoms in total. The van der Waals surface area contributed by atoms with E-state index in [0.717, 1.165) is 24.9 Å². The normalized spacial score (nSPS) is 25.4. The molecule has 0 bridgehead atoms. The van der Waals surface area contributed by atoms with Crippen molar-refractivity contribution in [1.29, 1.82) is 0 Å². The lowest BCUT2D eigenvalue weighted by Crippen LogP contribution is -2.36. The van der Waals surface area contributed by atoms with Gasteiger partial charge in [-0.15, -0.1) is 0 Å². The van der Waals surface area contributed by atoms with Crippen molar-refractivity contribution in [2.24, 2.45) is 5.41 Å². The van der Waals surface area contributed by atoms with E-state index < -0.39 is 4.92 Å². The van der Waals surface area contributed by atoms with E-state index in [-0.39, 0.29) is 29.5 Å². The summed E-state index contributed by atoms with van der Waals surface area (Å²) in [5.41, 5.74) is 0.586. The van der Waals surface area contributed by atoms with Gasteiger partial charge in [0.05, 0.1) is 18.6 Å². The maximum Gasteiger partial charge on any atom is 0.311 e. The third-order valence-electron chi connectivity index (χ3n) is 4.16. The van der Waals surface area contributed by atoms with E-state index in [9.17, 15) is 15.2 Å². The highest BCUT2D eigenvalue weighted by atomic mass is 16.6. The van der Waals surface area contributed by atoms with Crippen LogP contribution < -0.4 is 10.1 Å². The molecule has 0 heterocycles. The van der Waals surface area contributed by atoms with Gasteiger partial charge in [-0.1, -0.05) is 13.3 Å². The Kier molecular flexibility index (Phi) is 4.13. The first-order valence-corrected chi connectivity index (χ1v) is 6.70. The van der Waals surface area contributed by atoms with Crippen molar-refractivity contribution < 1.29 is 14.8 Å². The zero-order valence-corrected chi connectivity index (χ0v) is 11.8. The van der Waals surface area contributed by atoms with Crippen molar-refractivity contribution in [3.8, 4) is 5.75 Å². The Morgan fingerprint density at radius 1 is 1.60 bits per heavy atom. The number of benzene rings is 1. The summed E-state index contributed by atoms with van der Waals surface area (Å²) in [6, 6.07) is 4.91. The van der Waals surface area contributed by atoms with Crippen LogP contribution in [-0.4, -0.2) is 29.8 Å². The first-order valence-electron chi connectivity index (χ1n) is 6.70. The van der Waals surface area contributed by atoms with Gasteiger partial charge in [0, 0.05) is 29.3 Å². The summed E-state index contributed by atoms with van der Waals surface area (Å²) in [7, 11) is 1.42. The molecule has 0 amide bonds. The van der Waals surface area contributed by atoms with E-state index in [1.807, 2.05) is 0 Å². The fraction of sp³-hybridized carbons (Fsp3) is 0.571. The molecule has 110 valence electrons. The highest BCUT2D eigenvalue weighted by Crippen LogP contribution is 2.40. The molecule has 0 aliphatic heterocycles. The molecule has 0 unspecified atom stereocenters. The van der Waals surface area contributed by atoms with Gasteiger partial charge < -0.3 is 15.2 Å². The number of hydrogen-bond donors (Lipinski definition) is 2.